The minimum absolute atomic E-state index is 0.402. The summed E-state index contributed by atoms with van der Waals surface area (Å²) in [5.41, 5.74) is 1.78. The molecule has 0 atom stereocenters. The molecule has 6 nitrogen and oxygen atoms in total. The van der Waals surface area contributed by atoms with Crippen molar-refractivity contribution in [3.8, 4) is 5.88 Å². The fraction of sp³-hybridized carbons (Fsp3) is 0.692. The van der Waals surface area contributed by atoms with Crippen LogP contribution < -0.4 is 4.74 Å². The molecule has 0 spiro atoms. The van der Waals surface area contributed by atoms with Gasteiger partial charge in [0.1, 0.15) is 6.61 Å². The van der Waals surface area contributed by atoms with Crippen molar-refractivity contribution in [3.63, 3.8) is 0 Å². The third-order valence-electron chi connectivity index (χ3n) is 2.69. The summed E-state index contributed by atoms with van der Waals surface area (Å²) in [6.45, 7) is 6.90. The molecule has 0 unspecified atom stereocenters. The Morgan fingerprint density at radius 2 is 1.45 bits per heavy atom. The summed E-state index contributed by atoms with van der Waals surface area (Å²) in [5, 5.41) is 8.12. The van der Waals surface area contributed by atoms with Crippen LogP contribution in [0.2, 0.25) is 5.15 Å². The van der Waals surface area contributed by atoms with Gasteiger partial charge in [-0.15, -0.1) is 10.2 Å². The highest BCUT2D eigenvalue weighted by atomic mass is 35.5. The van der Waals surface area contributed by atoms with Crippen LogP contribution in [0.15, 0.2) is 0 Å². The summed E-state index contributed by atoms with van der Waals surface area (Å²) in [6.07, 6.45) is 0. The number of methoxy groups -OCH3 is 1. The van der Waals surface area contributed by atoms with Gasteiger partial charge in [0.05, 0.1) is 33.0 Å². The summed E-state index contributed by atoms with van der Waals surface area (Å²) in [7, 11) is 1.64. The number of halogens is 1. The fourth-order valence-electron chi connectivity index (χ4n) is 1.35. The van der Waals surface area contributed by atoms with Crippen molar-refractivity contribution in [3.05, 3.63) is 16.3 Å². The standard InChI is InChI=1S/C13H21ClN2O4/c1-10-11(2)13(16-15-12(10)14)20-9-8-19-7-6-18-5-4-17-3/h4-9H2,1-3H3. The van der Waals surface area contributed by atoms with Crippen molar-refractivity contribution in [2.75, 3.05) is 46.8 Å². The monoisotopic (exact) mass is 304 g/mol. The number of nitrogens with zero attached hydrogens (tertiary/aromatic N) is 2. The molecule has 1 heterocycles. The van der Waals surface area contributed by atoms with Gasteiger partial charge in [-0.05, 0) is 19.4 Å². The summed E-state index contributed by atoms with van der Waals surface area (Å²) < 4.78 is 21.0. The number of hydrogen-bond donors (Lipinski definition) is 0. The quantitative estimate of drug-likeness (QED) is 0.614. The molecule has 114 valence electrons. The molecule has 7 heteroatoms. The lowest BCUT2D eigenvalue weighted by Gasteiger charge is -2.10. The molecule has 0 amide bonds. The number of hydrogen-bond acceptors (Lipinski definition) is 6. The predicted octanol–water partition coefficient (Wildman–Crippen LogP) is 1.81. The first-order chi connectivity index (χ1) is 9.66. The van der Waals surface area contributed by atoms with Gasteiger partial charge in [-0.1, -0.05) is 11.6 Å². The van der Waals surface area contributed by atoms with Crippen LogP contribution >= 0.6 is 11.6 Å². The van der Waals surface area contributed by atoms with E-state index in [4.69, 9.17) is 30.5 Å². The molecule has 0 aromatic carbocycles. The lowest BCUT2D eigenvalue weighted by Crippen LogP contribution is -2.13. The van der Waals surface area contributed by atoms with E-state index in [1.807, 2.05) is 13.8 Å². The molecular weight excluding hydrogens is 284 g/mol. The molecule has 1 aromatic heterocycles. The molecule has 0 fully saturated rings. The van der Waals surface area contributed by atoms with Crippen LogP contribution in [-0.4, -0.2) is 56.9 Å². The molecule has 0 bridgehead atoms. The largest absolute Gasteiger partial charge is 0.474 e. The highest BCUT2D eigenvalue weighted by Crippen LogP contribution is 2.21. The van der Waals surface area contributed by atoms with Crippen molar-refractivity contribution in [2.24, 2.45) is 0 Å². The molecule has 0 radical (unpaired) electrons. The van der Waals surface area contributed by atoms with Crippen molar-refractivity contribution in [1.29, 1.82) is 0 Å². The van der Waals surface area contributed by atoms with Crippen molar-refractivity contribution < 1.29 is 18.9 Å². The topological polar surface area (TPSA) is 62.7 Å². The lowest BCUT2D eigenvalue weighted by molar-refractivity contribution is 0.0175. The molecule has 0 saturated heterocycles. The Morgan fingerprint density at radius 1 is 0.850 bits per heavy atom. The van der Waals surface area contributed by atoms with Gasteiger partial charge in [0.25, 0.3) is 0 Å². The maximum Gasteiger partial charge on any atom is 0.236 e. The average molecular weight is 305 g/mol. The first kappa shape index (κ1) is 17.1. The Labute approximate surface area is 124 Å². The zero-order chi connectivity index (χ0) is 14.8. The molecule has 1 rings (SSSR count). The first-order valence-electron chi connectivity index (χ1n) is 6.43. The predicted molar refractivity (Wildman–Crippen MR) is 75.5 cm³/mol. The van der Waals surface area contributed by atoms with Gasteiger partial charge in [0.15, 0.2) is 5.15 Å². The van der Waals surface area contributed by atoms with E-state index in [2.05, 4.69) is 10.2 Å². The molecule has 1 aromatic rings. The van der Waals surface area contributed by atoms with Gasteiger partial charge >= 0.3 is 0 Å². The molecule has 0 aliphatic carbocycles. The van der Waals surface area contributed by atoms with Gasteiger partial charge in [0.2, 0.25) is 5.88 Å². The summed E-state index contributed by atoms with van der Waals surface area (Å²) >= 11 is 5.86. The van der Waals surface area contributed by atoms with Gasteiger partial charge < -0.3 is 18.9 Å². The van der Waals surface area contributed by atoms with E-state index in [-0.39, 0.29) is 0 Å². The van der Waals surface area contributed by atoms with E-state index >= 15 is 0 Å². The van der Waals surface area contributed by atoms with Gasteiger partial charge in [-0.3, -0.25) is 0 Å². The molecule has 0 saturated carbocycles. The maximum atomic E-state index is 5.86. The van der Waals surface area contributed by atoms with Gasteiger partial charge in [0, 0.05) is 12.7 Å². The van der Waals surface area contributed by atoms with Gasteiger partial charge in [-0.2, -0.15) is 0 Å². The number of rotatable bonds is 10. The third kappa shape index (κ3) is 6.00. The second kappa shape index (κ2) is 9.88. The lowest BCUT2D eigenvalue weighted by atomic mass is 10.2. The Balaban J connectivity index is 2.11. The Hall–Kier alpha value is -0.950. The van der Waals surface area contributed by atoms with Crippen molar-refractivity contribution in [2.45, 2.75) is 13.8 Å². The number of ether oxygens (including phenoxy) is 4. The Bertz CT molecular complexity index is 404. The number of aromatic nitrogens is 2. The van der Waals surface area contributed by atoms with E-state index in [0.717, 1.165) is 11.1 Å². The van der Waals surface area contributed by atoms with Crippen LogP contribution in [0.1, 0.15) is 11.1 Å². The summed E-state index contributed by atoms with van der Waals surface area (Å²) in [6, 6.07) is 0. The Morgan fingerprint density at radius 3 is 2.10 bits per heavy atom. The molecular formula is C13H21ClN2O4. The van der Waals surface area contributed by atoms with Crippen LogP contribution in [-0.2, 0) is 14.2 Å². The second-order valence-electron chi connectivity index (χ2n) is 4.11. The highest BCUT2D eigenvalue weighted by molar-refractivity contribution is 6.30. The van der Waals surface area contributed by atoms with E-state index in [9.17, 15) is 0 Å². The minimum atomic E-state index is 0.402. The normalized spacial score (nSPS) is 10.8. The minimum Gasteiger partial charge on any atom is -0.474 e. The molecule has 0 aliphatic rings. The van der Waals surface area contributed by atoms with Gasteiger partial charge in [-0.25, -0.2) is 0 Å². The Kier molecular flexibility index (Phi) is 8.45. The first-order valence-corrected chi connectivity index (χ1v) is 6.81. The fourth-order valence-corrected chi connectivity index (χ4v) is 1.53. The zero-order valence-corrected chi connectivity index (χ0v) is 12.9. The highest BCUT2D eigenvalue weighted by Gasteiger charge is 2.08. The van der Waals surface area contributed by atoms with E-state index in [1.165, 1.54) is 0 Å². The summed E-state index contributed by atoms with van der Waals surface area (Å²) in [4.78, 5) is 0. The SMILES string of the molecule is COCCOCCOCCOc1nnc(Cl)c(C)c1C. The van der Waals surface area contributed by atoms with Crippen LogP contribution in [0.3, 0.4) is 0 Å². The van der Waals surface area contributed by atoms with Crippen LogP contribution in [0.25, 0.3) is 0 Å². The second-order valence-corrected chi connectivity index (χ2v) is 4.47. The third-order valence-corrected chi connectivity index (χ3v) is 3.05. The maximum absolute atomic E-state index is 5.86. The molecule has 0 N–H and O–H groups in total. The van der Waals surface area contributed by atoms with E-state index in [1.54, 1.807) is 7.11 Å². The molecule has 20 heavy (non-hydrogen) atoms. The van der Waals surface area contributed by atoms with E-state index < -0.39 is 0 Å². The smallest absolute Gasteiger partial charge is 0.236 e. The summed E-state index contributed by atoms with van der Waals surface area (Å²) in [5.74, 6) is 0.492. The molecule has 0 aliphatic heterocycles. The average Bonchev–Trinajstić information content (AvgIpc) is 2.45. The van der Waals surface area contributed by atoms with Crippen LogP contribution in [0.5, 0.6) is 5.88 Å². The van der Waals surface area contributed by atoms with Crippen LogP contribution in [0.4, 0.5) is 0 Å². The van der Waals surface area contributed by atoms with Crippen molar-refractivity contribution >= 4 is 11.6 Å². The zero-order valence-electron chi connectivity index (χ0n) is 12.1. The van der Waals surface area contributed by atoms with Crippen molar-refractivity contribution in [1.82, 2.24) is 10.2 Å². The van der Waals surface area contributed by atoms with E-state index in [0.29, 0.717) is 50.7 Å². The van der Waals surface area contributed by atoms with Crippen LogP contribution in [0, 0.1) is 13.8 Å².